The molecule has 0 saturated carbocycles. The molecule has 0 radical (unpaired) electrons. The molecule has 1 atom stereocenters. The minimum absolute atomic E-state index is 0.0622. The summed E-state index contributed by atoms with van der Waals surface area (Å²) in [5, 5.41) is 20.0. The third-order valence-electron chi connectivity index (χ3n) is 2.79. The summed E-state index contributed by atoms with van der Waals surface area (Å²) in [5.41, 5.74) is 1.98. The lowest BCUT2D eigenvalue weighted by Crippen LogP contribution is -2.31. The van der Waals surface area contributed by atoms with Crippen LogP contribution in [0.3, 0.4) is 0 Å². The summed E-state index contributed by atoms with van der Waals surface area (Å²) >= 11 is 0. The number of aryl methyl sites for hydroxylation is 1. The van der Waals surface area contributed by atoms with Crippen molar-refractivity contribution in [3.05, 3.63) is 51.1 Å². The van der Waals surface area contributed by atoms with Gasteiger partial charge < -0.3 is 4.74 Å². The Kier molecular flexibility index (Phi) is 6.08. The van der Waals surface area contributed by atoms with Crippen LogP contribution < -0.4 is 0 Å². The molecule has 6 heteroatoms. The van der Waals surface area contributed by atoms with Gasteiger partial charge in [-0.05, 0) is 25.5 Å². The average Bonchev–Trinajstić information content (AvgIpc) is 2.45. The van der Waals surface area contributed by atoms with Crippen LogP contribution >= 0.6 is 0 Å². The number of carbonyl (C=O) groups is 1. The van der Waals surface area contributed by atoms with E-state index in [1.54, 1.807) is 19.1 Å². The van der Waals surface area contributed by atoms with E-state index < -0.39 is 16.9 Å². The van der Waals surface area contributed by atoms with Crippen LogP contribution in [0.25, 0.3) is 6.08 Å². The van der Waals surface area contributed by atoms with E-state index in [1.165, 1.54) is 6.08 Å². The summed E-state index contributed by atoms with van der Waals surface area (Å²) in [5.74, 6) is -0.924. The fourth-order valence-corrected chi connectivity index (χ4v) is 1.69. The smallest absolute Gasteiger partial charge is 0.382 e. The van der Waals surface area contributed by atoms with Crippen molar-refractivity contribution in [1.82, 2.24) is 0 Å². The maximum atomic E-state index is 11.5. The zero-order chi connectivity index (χ0) is 15.8. The van der Waals surface area contributed by atoms with Gasteiger partial charge in [0.25, 0.3) is 0 Å². The van der Waals surface area contributed by atoms with Crippen molar-refractivity contribution < 1.29 is 14.5 Å². The average molecular weight is 288 g/mol. The largest absolute Gasteiger partial charge is 0.461 e. The van der Waals surface area contributed by atoms with Crippen molar-refractivity contribution in [1.29, 1.82) is 5.26 Å². The van der Waals surface area contributed by atoms with Crippen molar-refractivity contribution in [2.45, 2.75) is 26.3 Å². The Bertz CT molecular complexity index is 585. The number of nitro groups is 1. The first-order valence-corrected chi connectivity index (χ1v) is 6.45. The van der Waals surface area contributed by atoms with E-state index in [0.29, 0.717) is 0 Å². The molecule has 0 amide bonds. The van der Waals surface area contributed by atoms with Gasteiger partial charge in [-0.3, -0.25) is 10.1 Å². The molecule has 1 rings (SSSR count). The zero-order valence-corrected chi connectivity index (χ0v) is 11.9. The lowest BCUT2D eigenvalue weighted by molar-refractivity contribution is -0.509. The highest BCUT2D eigenvalue weighted by atomic mass is 16.6. The lowest BCUT2D eigenvalue weighted by Gasteiger charge is -2.07. The molecule has 0 bridgehead atoms. The lowest BCUT2D eigenvalue weighted by atomic mass is 10.0. The van der Waals surface area contributed by atoms with Gasteiger partial charge in [0.1, 0.15) is 0 Å². The van der Waals surface area contributed by atoms with Crippen LogP contribution in [0.1, 0.15) is 24.5 Å². The van der Waals surface area contributed by atoms with E-state index in [-0.39, 0.29) is 18.6 Å². The molecule has 0 spiro atoms. The Hall–Kier alpha value is -2.68. The predicted molar refractivity (Wildman–Crippen MR) is 76.8 cm³/mol. The summed E-state index contributed by atoms with van der Waals surface area (Å²) in [6, 6.07) is 7.69. The van der Waals surface area contributed by atoms with Crippen LogP contribution in [0.15, 0.2) is 29.8 Å². The Labute approximate surface area is 122 Å². The van der Waals surface area contributed by atoms with Gasteiger partial charge in [-0.2, -0.15) is 5.26 Å². The SMILES string of the molecule is CCOC(=O)C(C/C(C#N)=C/c1ccc(C)cc1)[N+](=O)[O-]. The van der Waals surface area contributed by atoms with E-state index in [4.69, 9.17) is 5.26 Å². The van der Waals surface area contributed by atoms with Crippen molar-refractivity contribution >= 4 is 12.0 Å². The molecule has 0 aliphatic heterocycles. The van der Waals surface area contributed by atoms with Crippen molar-refractivity contribution in [2.24, 2.45) is 0 Å². The highest BCUT2D eigenvalue weighted by Crippen LogP contribution is 2.14. The summed E-state index contributed by atoms with van der Waals surface area (Å²) < 4.78 is 4.66. The third-order valence-corrected chi connectivity index (χ3v) is 2.79. The molecule has 0 saturated heterocycles. The van der Waals surface area contributed by atoms with Gasteiger partial charge in [-0.25, -0.2) is 4.79 Å². The normalized spacial score (nSPS) is 12.3. The molecule has 0 aromatic heterocycles. The number of rotatable bonds is 6. The highest BCUT2D eigenvalue weighted by molar-refractivity contribution is 5.75. The van der Waals surface area contributed by atoms with Crippen LogP contribution in [-0.4, -0.2) is 23.5 Å². The van der Waals surface area contributed by atoms with Gasteiger partial charge in [-0.15, -0.1) is 0 Å². The van der Waals surface area contributed by atoms with Crippen molar-refractivity contribution in [3.63, 3.8) is 0 Å². The maximum Gasteiger partial charge on any atom is 0.382 e. The molecule has 0 heterocycles. The molecule has 0 aliphatic rings. The number of hydrogen-bond acceptors (Lipinski definition) is 5. The standard InChI is InChI=1S/C15H16N2O4/c1-3-21-15(18)14(17(19)20)9-13(10-16)8-12-6-4-11(2)5-7-12/h4-8,14H,3,9H2,1-2H3/b13-8-. The molecule has 21 heavy (non-hydrogen) atoms. The second-order valence-corrected chi connectivity index (χ2v) is 4.45. The fourth-order valence-electron chi connectivity index (χ4n) is 1.69. The molecular formula is C15H16N2O4. The molecule has 110 valence electrons. The maximum absolute atomic E-state index is 11.5. The van der Waals surface area contributed by atoms with Gasteiger partial charge in [0.15, 0.2) is 0 Å². The molecule has 6 nitrogen and oxygen atoms in total. The number of benzene rings is 1. The first-order valence-electron chi connectivity index (χ1n) is 6.45. The summed E-state index contributed by atoms with van der Waals surface area (Å²) in [7, 11) is 0. The van der Waals surface area contributed by atoms with Crippen LogP contribution in [0.4, 0.5) is 0 Å². The third kappa shape index (κ3) is 5.07. The van der Waals surface area contributed by atoms with Crippen molar-refractivity contribution in [2.75, 3.05) is 6.61 Å². The van der Waals surface area contributed by atoms with Crippen LogP contribution in [0.5, 0.6) is 0 Å². The van der Waals surface area contributed by atoms with Crippen LogP contribution in [0.2, 0.25) is 0 Å². The summed E-state index contributed by atoms with van der Waals surface area (Å²) in [6.45, 7) is 3.57. The van der Waals surface area contributed by atoms with E-state index >= 15 is 0 Å². The number of nitrogens with zero attached hydrogens (tertiary/aromatic N) is 2. The molecule has 1 aromatic rings. The number of ether oxygens (including phenoxy) is 1. The molecule has 0 N–H and O–H groups in total. The van der Waals surface area contributed by atoms with Crippen LogP contribution in [0, 0.1) is 28.4 Å². The predicted octanol–water partition coefficient (Wildman–Crippen LogP) is 2.50. The van der Waals surface area contributed by atoms with Crippen molar-refractivity contribution in [3.8, 4) is 6.07 Å². The number of hydrogen-bond donors (Lipinski definition) is 0. The Balaban J connectivity index is 2.93. The summed E-state index contributed by atoms with van der Waals surface area (Å²) in [4.78, 5) is 21.7. The molecule has 0 aliphatic carbocycles. The Morgan fingerprint density at radius 2 is 2.10 bits per heavy atom. The first-order chi connectivity index (χ1) is 9.97. The van der Waals surface area contributed by atoms with Gasteiger partial charge in [0.05, 0.1) is 19.1 Å². The quantitative estimate of drug-likeness (QED) is 0.347. The highest BCUT2D eigenvalue weighted by Gasteiger charge is 2.32. The Morgan fingerprint density at radius 3 is 2.57 bits per heavy atom. The fraction of sp³-hybridized carbons (Fsp3) is 0.333. The van der Waals surface area contributed by atoms with Gasteiger partial charge >= 0.3 is 12.0 Å². The van der Waals surface area contributed by atoms with E-state index in [2.05, 4.69) is 4.74 Å². The van der Waals surface area contributed by atoms with Gasteiger partial charge in [0.2, 0.25) is 0 Å². The Morgan fingerprint density at radius 1 is 1.48 bits per heavy atom. The number of nitriles is 1. The van der Waals surface area contributed by atoms with Gasteiger partial charge in [-0.1, -0.05) is 29.8 Å². The second-order valence-electron chi connectivity index (χ2n) is 4.45. The molecule has 1 unspecified atom stereocenters. The minimum atomic E-state index is -1.55. The molecular weight excluding hydrogens is 272 g/mol. The summed E-state index contributed by atoms with van der Waals surface area (Å²) in [6.07, 6.45) is 1.26. The minimum Gasteiger partial charge on any atom is -0.461 e. The van der Waals surface area contributed by atoms with E-state index in [9.17, 15) is 14.9 Å². The van der Waals surface area contributed by atoms with Crippen LogP contribution in [-0.2, 0) is 9.53 Å². The zero-order valence-electron chi connectivity index (χ0n) is 11.9. The topological polar surface area (TPSA) is 93.2 Å². The first kappa shape index (κ1) is 16.4. The molecule has 1 aromatic carbocycles. The van der Waals surface area contributed by atoms with E-state index in [0.717, 1.165) is 11.1 Å². The monoisotopic (exact) mass is 288 g/mol. The number of esters is 1. The molecule has 0 fully saturated rings. The van der Waals surface area contributed by atoms with E-state index in [1.807, 2.05) is 25.1 Å². The number of carbonyl (C=O) groups excluding carboxylic acids is 1. The second kappa shape index (κ2) is 7.80. The van der Waals surface area contributed by atoms with Gasteiger partial charge in [0, 0.05) is 10.5 Å².